The topological polar surface area (TPSA) is 47.3 Å². The Kier molecular flexibility index (Phi) is 4.75. The SMILES string of the molecule is COc1cc(NC(CN)c2ccc(F)cc2C)ccc1F. The van der Waals surface area contributed by atoms with Crippen molar-refractivity contribution in [3.8, 4) is 5.75 Å². The van der Waals surface area contributed by atoms with E-state index >= 15 is 0 Å². The number of benzene rings is 2. The Morgan fingerprint density at radius 1 is 1.19 bits per heavy atom. The Morgan fingerprint density at radius 2 is 1.95 bits per heavy atom. The molecule has 0 spiro atoms. The van der Waals surface area contributed by atoms with Crippen molar-refractivity contribution in [1.82, 2.24) is 0 Å². The van der Waals surface area contributed by atoms with Crippen LogP contribution in [0.1, 0.15) is 17.2 Å². The fourth-order valence-corrected chi connectivity index (χ4v) is 2.24. The lowest BCUT2D eigenvalue weighted by Gasteiger charge is -2.21. The molecule has 2 aromatic rings. The number of methoxy groups -OCH3 is 1. The molecule has 1 atom stereocenters. The van der Waals surface area contributed by atoms with Crippen LogP contribution in [0.5, 0.6) is 5.75 Å². The second-order valence-corrected chi connectivity index (χ2v) is 4.78. The van der Waals surface area contributed by atoms with Crippen LogP contribution < -0.4 is 15.8 Å². The second kappa shape index (κ2) is 6.54. The van der Waals surface area contributed by atoms with Gasteiger partial charge in [-0.05, 0) is 42.3 Å². The summed E-state index contributed by atoms with van der Waals surface area (Å²) >= 11 is 0. The van der Waals surface area contributed by atoms with Gasteiger partial charge in [-0.25, -0.2) is 8.78 Å². The highest BCUT2D eigenvalue weighted by molar-refractivity contribution is 5.51. The Balaban J connectivity index is 2.26. The van der Waals surface area contributed by atoms with Gasteiger partial charge in [0.1, 0.15) is 5.82 Å². The summed E-state index contributed by atoms with van der Waals surface area (Å²) in [4.78, 5) is 0. The van der Waals surface area contributed by atoms with Gasteiger partial charge in [0.25, 0.3) is 0 Å². The average Bonchev–Trinajstić information content (AvgIpc) is 2.47. The van der Waals surface area contributed by atoms with Gasteiger partial charge in [0, 0.05) is 18.3 Å². The molecular formula is C16H18F2N2O. The number of ether oxygens (including phenoxy) is 1. The number of halogens is 2. The van der Waals surface area contributed by atoms with Crippen LogP contribution in [0.25, 0.3) is 0 Å². The summed E-state index contributed by atoms with van der Waals surface area (Å²) in [5, 5.41) is 3.21. The molecule has 0 radical (unpaired) electrons. The zero-order chi connectivity index (χ0) is 15.4. The summed E-state index contributed by atoms with van der Waals surface area (Å²) in [5.41, 5.74) is 8.20. The quantitative estimate of drug-likeness (QED) is 0.888. The van der Waals surface area contributed by atoms with Crippen LogP contribution in [0.3, 0.4) is 0 Å². The Labute approximate surface area is 122 Å². The lowest BCUT2D eigenvalue weighted by atomic mass is 10.0. The second-order valence-electron chi connectivity index (χ2n) is 4.78. The number of hydrogen-bond acceptors (Lipinski definition) is 3. The minimum absolute atomic E-state index is 0.159. The molecule has 0 heterocycles. The van der Waals surface area contributed by atoms with Crippen LogP contribution in [0.2, 0.25) is 0 Å². The first-order chi connectivity index (χ1) is 10.0. The first-order valence-electron chi connectivity index (χ1n) is 6.61. The fraction of sp³-hybridized carbons (Fsp3) is 0.250. The number of nitrogens with one attached hydrogen (secondary N) is 1. The lowest BCUT2D eigenvalue weighted by molar-refractivity contribution is 0.386. The van der Waals surface area contributed by atoms with Crippen molar-refractivity contribution in [3.05, 3.63) is 59.2 Å². The molecule has 3 nitrogen and oxygen atoms in total. The van der Waals surface area contributed by atoms with Crippen LogP contribution in [0, 0.1) is 18.6 Å². The van der Waals surface area contributed by atoms with E-state index in [0.29, 0.717) is 12.2 Å². The molecule has 1 unspecified atom stereocenters. The fourth-order valence-electron chi connectivity index (χ4n) is 2.24. The van der Waals surface area contributed by atoms with Gasteiger partial charge in [0.15, 0.2) is 11.6 Å². The first kappa shape index (κ1) is 15.3. The molecule has 21 heavy (non-hydrogen) atoms. The predicted molar refractivity (Wildman–Crippen MR) is 79.5 cm³/mol. The van der Waals surface area contributed by atoms with Gasteiger partial charge in [0.2, 0.25) is 0 Å². The standard InChI is InChI=1S/C16H18F2N2O/c1-10-7-11(17)3-5-13(10)15(9-19)20-12-4-6-14(18)16(8-12)21-2/h3-8,15,20H,9,19H2,1-2H3. The molecule has 2 aromatic carbocycles. The molecule has 0 aliphatic carbocycles. The van der Waals surface area contributed by atoms with Crippen molar-refractivity contribution in [1.29, 1.82) is 0 Å². The van der Waals surface area contributed by atoms with Crippen LogP contribution in [0.4, 0.5) is 14.5 Å². The highest BCUT2D eigenvalue weighted by Gasteiger charge is 2.13. The van der Waals surface area contributed by atoms with Crippen molar-refractivity contribution in [3.63, 3.8) is 0 Å². The molecular weight excluding hydrogens is 274 g/mol. The average molecular weight is 292 g/mol. The molecule has 0 saturated carbocycles. The highest BCUT2D eigenvalue weighted by Crippen LogP contribution is 2.26. The van der Waals surface area contributed by atoms with E-state index in [1.54, 1.807) is 18.2 Å². The van der Waals surface area contributed by atoms with Crippen molar-refractivity contribution < 1.29 is 13.5 Å². The molecule has 0 aliphatic rings. The highest BCUT2D eigenvalue weighted by atomic mass is 19.1. The van der Waals surface area contributed by atoms with Crippen molar-refractivity contribution in [2.24, 2.45) is 5.73 Å². The molecule has 0 aromatic heterocycles. The van der Waals surface area contributed by atoms with Crippen LogP contribution >= 0.6 is 0 Å². The summed E-state index contributed by atoms with van der Waals surface area (Å²) in [5.74, 6) is -0.549. The largest absolute Gasteiger partial charge is 0.494 e. The molecule has 0 amide bonds. The zero-order valence-corrected chi connectivity index (χ0v) is 12.0. The monoisotopic (exact) mass is 292 g/mol. The van der Waals surface area contributed by atoms with Gasteiger partial charge in [-0.2, -0.15) is 0 Å². The van der Waals surface area contributed by atoms with E-state index in [-0.39, 0.29) is 17.6 Å². The summed E-state index contributed by atoms with van der Waals surface area (Å²) < 4.78 is 31.5. The first-order valence-corrected chi connectivity index (χ1v) is 6.61. The van der Waals surface area contributed by atoms with E-state index in [4.69, 9.17) is 10.5 Å². The normalized spacial score (nSPS) is 12.0. The van der Waals surface area contributed by atoms with Crippen molar-refractivity contribution >= 4 is 5.69 Å². The molecule has 0 saturated heterocycles. The van der Waals surface area contributed by atoms with Gasteiger partial charge in [-0.3, -0.25) is 0 Å². The van der Waals surface area contributed by atoms with Crippen LogP contribution in [-0.4, -0.2) is 13.7 Å². The maximum Gasteiger partial charge on any atom is 0.165 e. The summed E-state index contributed by atoms with van der Waals surface area (Å²) in [6.45, 7) is 2.15. The van der Waals surface area contributed by atoms with Gasteiger partial charge in [-0.15, -0.1) is 0 Å². The molecule has 3 N–H and O–H groups in total. The number of hydrogen-bond donors (Lipinski definition) is 2. The Hall–Kier alpha value is -2.14. The number of nitrogens with two attached hydrogens (primary N) is 1. The Bertz CT molecular complexity index is 632. The van der Waals surface area contributed by atoms with Crippen LogP contribution in [-0.2, 0) is 0 Å². The molecule has 5 heteroatoms. The predicted octanol–water partition coefficient (Wildman–Crippen LogP) is 3.39. The minimum Gasteiger partial charge on any atom is -0.494 e. The number of anilines is 1. The molecule has 0 bridgehead atoms. The smallest absolute Gasteiger partial charge is 0.165 e. The third kappa shape index (κ3) is 3.49. The molecule has 0 aliphatic heterocycles. The number of rotatable bonds is 5. The van der Waals surface area contributed by atoms with Gasteiger partial charge in [-0.1, -0.05) is 6.07 Å². The summed E-state index contributed by atoms with van der Waals surface area (Å²) in [6.07, 6.45) is 0. The summed E-state index contributed by atoms with van der Waals surface area (Å²) in [7, 11) is 1.41. The van der Waals surface area contributed by atoms with Crippen LogP contribution in [0.15, 0.2) is 36.4 Å². The number of aryl methyl sites for hydroxylation is 1. The zero-order valence-electron chi connectivity index (χ0n) is 12.0. The third-order valence-corrected chi connectivity index (χ3v) is 3.33. The van der Waals surface area contributed by atoms with E-state index in [1.807, 2.05) is 6.92 Å². The molecule has 0 fully saturated rings. The van der Waals surface area contributed by atoms with Gasteiger partial charge < -0.3 is 15.8 Å². The van der Waals surface area contributed by atoms with E-state index in [1.165, 1.54) is 25.3 Å². The van der Waals surface area contributed by atoms with E-state index in [0.717, 1.165) is 11.1 Å². The minimum atomic E-state index is -0.426. The van der Waals surface area contributed by atoms with Crippen molar-refractivity contribution in [2.75, 3.05) is 19.0 Å². The Morgan fingerprint density at radius 3 is 2.57 bits per heavy atom. The van der Waals surface area contributed by atoms with E-state index in [2.05, 4.69) is 5.32 Å². The lowest BCUT2D eigenvalue weighted by Crippen LogP contribution is -2.21. The molecule has 112 valence electrons. The van der Waals surface area contributed by atoms with E-state index < -0.39 is 5.82 Å². The maximum absolute atomic E-state index is 13.4. The summed E-state index contributed by atoms with van der Waals surface area (Å²) in [6, 6.07) is 8.88. The molecule has 2 rings (SSSR count). The van der Waals surface area contributed by atoms with Crippen molar-refractivity contribution in [2.45, 2.75) is 13.0 Å². The maximum atomic E-state index is 13.4. The van der Waals surface area contributed by atoms with Gasteiger partial charge >= 0.3 is 0 Å². The third-order valence-electron chi connectivity index (χ3n) is 3.33. The van der Waals surface area contributed by atoms with Gasteiger partial charge in [0.05, 0.1) is 13.2 Å². The van der Waals surface area contributed by atoms with E-state index in [9.17, 15) is 8.78 Å².